The van der Waals surface area contributed by atoms with Crippen molar-refractivity contribution < 1.29 is 9.53 Å². The Morgan fingerprint density at radius 1 is 1.14 bits per heavy atom. The van der Waals surface area contributed by atoms with Crippen molar-refractivity contribution in [1.82, 2.24) is 9.38 Å². The zero-order valence-corrected chi connectivity index (χ0v) is 16.0. The van der Waals surface area contributed by atoms with Gasteiger partial charge in [-0.05, 0) is 55.0 Å². The predicted octanol–water partition coefficient (Wildman–Crippen LogP) is 5.13. The number of nitrogens with zero attached hydrogens (tertiary/aromatic N) is 2. The molecule has 0 aliphatic heterocycles. The van der Waals surface area contributed by atoms with Gasteiger partial charge in [0.25, 0.3) is 5.91 Å². The second kappa shape index (κ2) is 7.74. The van der Waals surface area contributed by atoms with E-state index in [0.29, 0.717) is 28.6 Å². The Balaban J connectivity index is 1.46. The van der Waals surface area contributed by atoms with E-state index in [9.17, 15) is 4.79 Å². The Hall–Kier alpha value is -3.31. The molecule has 0 unspecified atom stereocenters. The van der Waals surface area contributed by atoms with Gasteiger partial charge in [-0.3, -0.25) is 4.79 Å². The molecule has 1 N–H and O–H groups in total. The van der Waals surface area contributed by atoms with Gasteiger partial charge in [0.15, 0.2) is 0 Å². The number of ether oxygens (including phenoxy) is 1. The number of halogens is 1. The van der Waals surface area contributed by atoms with Crippen LogP contribution in [0.1, 0.15) is 21.6 Å². The van der Waals surface area contributed by atoms with Gasteiger partial charge < -0.3 is 14.5 Å². The third kappa shape index (κ3) is 4.00. The van der Waals surface area contributed by atoms with E-state index in [1.807, 2.05) is 54.0 Å². The number of aryl methyl sites for hydroxylation is 1. The minimum atomic E-state index is -0.219. The van der Waals surface area contributed by atoms with E-state index < -0.39 is 0 Å². The van der Waals surface area contributed by atoms with Crippen molar-refractivity contribution in [1.29, 1.82) is 0 Å². The van der Waals surface area contributed by atoms with Crippen LogP contribution in [-0.4, -0.2) is 15.3 Å². The van der Waals surface area contributed by atoms with Crippen LogP contribution in [0.4, 0.5) is 5.69 Å². The molecule has 4 rings (SSSR count). The van der Waals surface area contributed by atoms with E-state index in [0.717, 1.165) is 16.9 Å². The first-order chi connectivity index (χ1) is 13.6. The molecule has 0 atom stereocenters. The number of amides is 1. The monoisotopic (exact) mass is 391 g/mol. The van der Waals surface area contributed by atoms with Crippen LogP contribution in [0.15, 0.2) is 73.1 Å². The summed E-state index contributed by atoms with van der Waals surface area (Å²) in [6.45, 7) is 2.24. The van der Waals surface area contributed by atoms with Gasteiger partial charge in [-0.1, -0.05) is 29.8 Å². The fraction of sp³-hybridized carbons (Fsp3) is 0.0909. The number of anilines is 1. The van der Waals surface area contributed by atoms with Crippen molar-refractivity contribution in [3.8, 4) is 5.75 Å². The maximum Gasteiger partial charge on any atom is 0.255 e. The van der Waals surface area contributed by atoms with Gasteiger partial charge in [-0.2, -0.15) is 0 Å². The summed E-state index contributed by atoms with van der Waals surface area (Å²) in [5.74, 6) is 0.385. The van der Waals surface area contributed by atoms with Gasteiger partial charge in [0, 0.05) is 28.7 Å². The number of aromatic nitrogens is 2. The van der Waals surface area contributed by atoms with Gasteiger partial charge in [-0.25, -0.2) is 4.98 Å². The summed E-state index contributed by atoms with van der Waals surface area (Å²) in [7, 11) is 0. The third-order valence-corrected chi connectivity index (χ3v) is 4.58. The first-order valence-corrected chi connectivity index (χ1v) is 9.19. The van der Waals surface area contributed by atoms with E-state index in [-0.39, 0.29) is 5.91 Å². The second-order valence-corrected chi connectivity index (χ2v) is 6.86. The van der Waals surface area contributed by atoms with Crippen molar-refractivity contribution in [2.45, 2.75) is 13.5 Å². The number of hydrogen-bond acceptors (Lipinski definition) is 3. The van der Waals surface area contributed by atoms with Crippen LogP contribution in [0.5, 0.6) is 5.75 Å². The number of carbonyl (C=O) groups excluding carboxylic acids is 1. The maximum atomic E-state index is 12.6. The summed E-state index contributed by atoms with van der Waals surface area (Å²) in [5, 5.41) is 3.47. The number of benzene rings is 2. The normalized spacial score (nSPS) is 10.8. The van der Waals surface area contributed by atoms with Crippen molar-refractivity contribution in [2.24, 2.45) is 0 Å². The topological polar surface area (TPSA) is 55.6 Å². The Labute approximate surface area is 167 Å². The van der Waals surface area contributed by atoms with Gasteiger partial charge in [0.05, 0.1) is 5.69 Å². The molecule has 0 fully saturated rings. The van der Waals surface area contributed by atoms with Crippen LogP contribution in [0.25, 0.3) is 5.65 Å². The van der Waals surface area contributed by atoms with Crippen LogP contribution in [0, 0.1) is 6.92 Å². The molecule has 28 heavy (non-hydrogen) atoms. The minimum absolute atomic E-state index is 0.219. The van der Waals surface area contributed by atoms with E-state index >= 15 is 0 Å². The first-order valence-electron chi connectivity index (χ1n) is 8.81. The minimum Gasteiger partial charge on any atom is -0.487 e. The summed E-state index contributed by atoms with van der Waals surface area (Å²) >= 11 is 6.02. The molecule has 5 nitrogen and oxygen atoms in total. The number of fused-ring (bicyclic) bond motifs is 1. The highest BCUT2D eigenvalue weighted by Gasteiger charge is 2.10. The molecule has 0 aliphatic rings. The van der Waals surface area contributed by atoms with E-state index in [1.165, 1.54) is 0 Å². The number of nitrogens with one attached hydrogen (secondary N) is 1. The molecular formula is C22H18ClN3O2. The molecule has 0 aliphatic carbocycles. The van der Waals surface area contributed by atoms with E-state index in [4.69, 9.17) is 16.3 Å². The lowest BCUT2D eigenvalue weighted by Gasteiger charge is -2.10. The zero-order valence-electron chi connectivity index (χ0n) is 15.2. The van der Waals surface area contributed by atoms with Gasteiger partial charge >= 0.3 is 0 Å². The molecule has 0 radical (unpaired) electrons. The van der Waals surface area contributed by atoms with Crippen LogP contribution < -0.4 is 10.1 Å². The number of pyridine rings is 1. The molecular weight excluding hydrogens is 374 g/mol. The average molecular weight is 392 g/mol. The predicted molar refractivity (Wildman–Crippen MR) is 110 cm³/mol. The zero-order chi connectivity index (χ0) is 19.5. The van der Waals surface area contributed by atoms with Crippen LogP contribution in [0.3, 0.4) is 0 Å². The second-order valence-electron chi connectivity index (χ2n) is 6.43. The Bertz CT molecular complexity index is 1120. The van der Waals surface area contributed by atoms with Gasteiger partial charge in [0.2, 0.25) is 0 Å². The number of hydrogen-bond donors (Lipinski definition) is 1. The summed E-state index contributed by atoms with van der Waals surface area (Å²) < 4.78 is 7.77. The summed E-state index contributed by atoms with van der Waals surface area (Å²) in [6.07, 6.45) is 3.86. The fourth-order valence-corrected chi connectivity index (χ4v) is 3.04. The molecule has 0 saturated heterocycles. The summed E-state index contributed by atoms with van der Waals surface area (Å²) in [4.78, 5) is 17.1. The molecule has 0 saturated carbocycles. The number of carbonyl (C=O) groups is 1. The molecule has 2 heterocycles. The summed E-state index contributed by atoms with van der Waals surface area (Å²) in [6, 6.07) is 18.3. The Morgan fingerprint density at radius 2 is 2.04 bits per heavy atom. The van der Waals surface area contributed by atoms with Crippen molar-refractivity contribution >= 4 is 28.8 Å². The lowest BCUT2D eigenvalue weighted by Crippen LogP contribution is -2.13. The highest BCUT2D eigenvalue weighted by Crippen LogP contribution is 2.22. The quantitative estimate of drug-likeness (QED) is 0.513. The molecule has 1 amide bonds. The van der Waals surface area contributed by atoms with Crippen molar-refractivity contribution in [3.63, 3.8) is 0 Å². The first kappa shape index (κ1) is 18.1. The smallest absolute Gasteiger partial charge is 0.255 e. The molecule has 2 aromatic carbocycles. The van der Waals surface area contributed by atoms with Crippen LogP contribution in [-0.2, 0) is 6.61 Å². The largest absolute Gasteiger partial charge is 0.487 e. The standard InChI is InChI=1S/C22H18ClN3O2/c1-15-8-9-17(23)12-20(15)25-22(27)16-5-4-6-19(11-16)28-14-18-13-26-10-3-2-7-21(26)24-18/h2-13H,14H2,1H3,(H,25,27). The number of imidazole rings is 1. The summed E-state index contributed by atoms with van der Waals surface area (Å²) in [5.41, 5.74) is 3.82. The van der Waals surface area contributed by atoms with Crippen molar-refractivity contribution in [3.05, 3.63) is 94.9 Å². The SMILES string of the molecule is Cc1ccc(Cl)cc1NC(=O)c1cccc(OCc2cn3ccccc3n2)c1. The van der Waals surface area contributed by atoms with Gasteiger partial charge in [-0.15, -0.1) is 0 Å². The average Bonchev–Trinajstić information content (AvgIpc) is 3.12. The number of rotatable bonds is 5. The van der Waals surface area contributed by atoms with Crippen LogP contribution in [0.2, 0.25) is 5.02 Å². The van der Waals surface area contributed by atoms with E-state index in [1.54, 1.807) is 30.3 Å². The van der Waals surface area contributed by atoms with Gasteiger partial charge in [0.1, 0.15) is 18.0 Å². The molecule has 0 spiro atoms. The highest BCUT2D eigenvalue weighted by atomic mass is 35.5. The maximum absolute atomic E-state index is 12.6. The molecule has 140 valence electrons. The highest BCUT2D eigenvalue weighted by molar-refractivity contribution is 6.31. The molecule has 6 heteroatoms. The third-order valence-electron chi connectivity index (χ3n) is 4.34. The van der Waals surface area contributed by atoms with E-state index in [2.05, 4.69) is 10.3 Å². The Kier molecular flexibility index (Phi) is 5.00. The van der Waals surface area contributed by atoms with Crippen molar-refractivity contribution in [2.75, 3.05) is 5.32 Å². The van der Waals surface area contributed by atoms with Crippen LogP contribution >= 0.6 is 11.6 Å². The molecule has 2 aromatic heterocycles. The Morgan fingerprint density at radius 3 is 2.89 bits per heavy atom. The lowest BCUT2D eigenvalue weighted by atomic mass is 10.1. The molecule has 0 bridgehead atoms. The molecule has 4 aromatic rings. The lowest BCUT2D eigenvalue weighted by molar-refractivity contribution is 0.102. The fourth-order valence-electron chi connectivity index (χ4n) is 2.86.